The van der Waals surface area contributed by atoms with E-state index in [2.05, 4.69) is 4.98 Å². The van der Waals surface area contributed by atoms with Crippen LogP contribution in [0, 0.1) is 12.7 Å². The SMILES string of the molecule is Cc1ccc(CC(=O)N2CCCC(O)(COc3cccc(F)c3)C2)nc1. The molecule has 1 amide bonds. The summed E-state index contributed by atoms with van der Waals surface area (Å²) in [5.74, 6) is -0.0866. The summed E-state index contributed by atoms with van der Waals surface area (Å²) in [5, 5.41) is 10.8. The van der Waals surface area contributed by atoms with Gasteiger partial charge in [0.1, 0.15) is 23.8 Å². The third kappa shape index (κ3) is 4.79. The lowest BCUT2D eigenvalue weighted by molar-refractivity contribution is -0.139. The standard InChI is InChI=1S/C20H23FN2O3/c1-15-6-7-17(22-12-15)11-19(24)23-9-3-8-20(25,13-23)14-26-18-5-2-4-16(21)10-18/h2,4-7,10,12,25H,3,8-9,11,13-14H2,1H3. The minimum atomic E-state index is -1.14. The second-order valence-electron chi connectivity index (χ2n) is 6.89. The number of ether oxygens (including phenoxy) is 1. The Balaban J connectivity index is 1.58. The summed E-state index contributed by atoms with van der Waals surface area (Å²) in [4.78, 5) is 18.5. The first-order chi connectivity index (χ1) is 12.4. The van der Waals surface area contributed by atoms with Crippen LogP contribution in [0.1, 0.15) is 24.1 Å². The van der Waals surface area contributed by atoms with Crippen molar-refractivity contribution in [2.24, 2.45) is 0 Å². The van der Waals surface area contributed by atoms with Crippen LogP contribution < -0.4 is 4.74 Å². The quantitative estimate of drug-likeness (QED) is 0.892. The Morgan fingerprint density at radius 1 is 1.38 bits per heavy atom. The number of aliphatic hydroxyl groups is 1. The molecule has 1 saturated heterocycles. The minimum Gasteiger partial charge on any atom is -0.490 e. The summed E-state index contributed by atoms with van der Waals surface area (Å²) in [7, 11) is 0. The van der Waals surface area contributed by atoms with Gasteiger partial charge in [-0.05, 0) is 43.5 Å². The molecule has 1 aromatic carbocycles. The molecule has 1 atom stereocenters. The number of benzene rings is 1. The number of aromatic nitrogens is 1. The topological polar surface area (TPSA) is 62.7 Å². The molecule has 2 heterocycles. The molecule has 1 fully saturated rings. The monoisotopic (exact) mass is 358 g/mol. The summed E-state index contributed by atoms with van der Waals surface area (Å²) in [6, 6.07) is 9.58. The number of nitrogens with zero attached hydrogens (tertiary/aromatic N) is 2. The smallest absolute Gasteiger partial charge is 0.228 e. The number of β-amino-alcohol motifs (C(OH)–C–C–N with tert-alkyl or cyclic N) is 1. The first-order valence-corrected chi connectivity index (χ1v) is 8.74. The molecule has 138 valence electrons. The average Bonchev–Trinajstić information content (AvgIpc) is 2.62. The van der Waals surface area contributed by atoms with Crippen LogP contribution in [-0.2, 0) is 11.2 Å². The van der Waals surface area contributed by atoms with Crippen LogP contribution in [-0.4, -0.2) is 46.2 Å². The van der Waals surface area contributed by atoms with Crippen LogP contribution >= 0.6 is 0 Å². The van der Waals surface area contributed by atoms with Crippen molar-refractivity contribution < 1.29 is 19.0 Å². The summed E-state index contributed by atoms with van der Waals surface area (Å²) in [6.45, 7) is 2.77. The van der Waals surface area contributed by atoms with E-state index in [0.29, 0.717) is 30.8 Å². The van der Waals surface area contributed by atoms with Gasteiger partial charge in [-0.1, -0.05) is 12.1 Å². The van der Waals surface area contributed by atoms with Crippen molar-refractivity contribution in [3.05, 3.63) is 59.7 Å². The number of rotatable bonds is 5. The van der Waals surface area contributed by atoms with Gasteiger partial charge in [-0.25, -0.2) is 4.39 Å². The molecule has 0 bridgehead atoms. The first kappa shape index (κ1) is 18.3. The number of amides is 1. The van der Waals surface area contributed by atoms with Gasteiger partial charge < -0.3 is 14.7 Å². The van der Waals surface area contributed by atoms with Gasteiger partial charge in [0.15, 0.2) is 0 Å². The highest BCUT2D eigenvalue weighted by Gasteiger charge is 2.36. The third-order valence-electron chi connectivity index (χ3n) is 4.52. The average molecular weight is 358 g/mol. The van der Waals surface area contributed by atoms with Crippen molar-refractivity contribution in [2.45, 2.75) is 31.8 Å². The van der Waals surface area contributed by atoms with Crippen molar-refractivity contribution >= 4 is 5.91 Å². The van der Waals surface area contributed by atoms with Gasteiger partial charge in [0.05, 0.1) is 13.0 Å². The van der Waals surface area contributed by atoms with Crippen molar-refractivity contribution in [3.8, 4) is 5.75 Å². The van der Waals surface area contributed by atoms with E-state index < -0.39 is 5.60 Å². The van der Waals surface area contributed by atoms with E-state index in [4.69, 9.17) is 4.74 Å². The van der Waals surface area contributed by atoms with E-state index in [1.54, 1.807) is 23.2 Å². The Labute approximate surface area is 152 Å². The predicted molar refractivity (Wildman–Crippen MR) is 95.3 cm³/mol. The van der Waals surface area contributed by atoms with Crippen molar-refractivity contribution in [1.29, 1.82) is 0 Å². The molecule has 2 aromatic rings. The molecule has 1 unspecified atom stereocenters. The van der Waals surface area contributed by atoms with Crippen LogP contribution in [0.25, 0.3) is 0 Å². The van der Waals surface area contributed by atoms with Gasteiger partial charge in [0.2, 0.25) is 5.91 Å². The molecule has 0 saturated carbocycles. The molecule has 1 aliphatic rings. The highest BCUT2D eigenvalue weighted by atomic mass is 19.1. The molecule has 0 spiro atoms. The Hall–Kier alpha value is -2.47. The Morgan fingerprint density at radius 2 is 2.23 bits per heavy atom. The fraction of sp³-hybridized carbons (Fsp3) is 0.400. The second-order valence-corrected chi connectivity index (χ2v) is 6.89. The largest absolute Gasteiger partial charge is 0.490 e. The van der Waals surface area contributed by atoms with E-state index in [9.17, 15) is 14.3 Å². The molecule has 26 heavy (non-hydrogen) atoms. The molecule has 1 aromatic heterocycles. The van der Waals surface area contributed by atoms with Gasteiger partial charge in [0.25, 0.3) is 0 Å². The molecule has 3 rings (SSSR count). The maximum absolute atomic E-state index is 13.2. The Kier molecular flexibility index (Phi) is 5.52. The van der Waals surface area contributed by atoms with Gasteiger partial charge in [-0.2, -0.15) is 0 Å². The second kappa shape index (κ2) is 7.83. The summed E-state index contributed by atoms with van der Waals surface area (Å²) < 4.78 is 18.8. The lowest BCUT2D eigenvalue weighted by Crippen LogP contribution is -2.53. The number of likely N-dealkylation sites (tertiary alicyclic amines) is 1. The van der Waals surface area contributed by atoms with Crippen LogP contribution in [0.4, 0.5) is 4.39 Å². The van der Waals surface area contributed by atoms with Crippen molar-refractivity contribution in [3.63, 3.8) is 0 Å². The summed E-state index contributed by atoms with van der Waals surface area (Å²) in [5.41, 5.74) is 0.620. The zero-order valence-electron chi connectivity index (χ0n) is 14.8. The number of aryl methyl sites for hydroxylation is 1. The Morgan fingerprint density at radius 3 is 2.96 bits per heavy atom. The molecule has 0 aliphatic carbocycles. The van der Waals surface area contributed by atoms with Crippen molar-refractivity contribution in [2.75, 3.05) is 19.7 Å². The van der Waals surface area contributed by atoms with Gasteiger partial charge in [0, 0.05) is 24.5 Å². The fourth-order valence-electron chi connectivity index (χ4n) is 3.09. The lowest BCUT2D eigenvalue weighted by atomic mass is 9.93. The van der Waals surface area contributed by atoms with Gasteiger partial charge in [-0.15, -0.1) is 0 Å². The minimum absolute atomic E-state index is 0.0169. The molecule has 0 radical (unpaired) electrons. The van der Waals surface area contributed by atoms with E-state index in [-0.39, 0.29) is 31.3 Å². The van der Waals surface area contributed by atoms with Gasteiger partial charge >= 0.3 is 0 Å². The van der Waals surface area contributed by atoms with Crippen molar-refractivity contribution in [1.82, 2.24) is 9.88 Å². The zero-order chi connectivity index (χ0) is 18.6. The molecule has 1 N–H and O–H groups in total. The summed E-state index contributed by atoms with van der Waals surface area (Å²) >= 11 is 0. The summed E-state index contributed by atoms with van der Waals surface area (Å²) in [6.07, 6.45) is 3.17. The predicted octanol–water partition coefficient (Wildman–Crippen LogP) is 2.50. The normalized spacial score (nSPS) is 20.0. The van der Waals surface area contributed by atoms with E-state index >= 15 is 0 Å². The van der Waals surface area contributed by atoms with E-state index in [1.165, 1.54) is 12.1 Å². The maximum atomic E-state index is 13.2. The number of carbonyl (C=O) groups is 1. The van der Waals surface area contributed by atoms with Crippen LogP contribution in [0.2, 0.25) is 0 Å². The zero-order valence-corrected chi connectivity index (χ0v) is 14.8. The first-order valence-electron chi connectivity index (χ1n) is 8.74. The molecule has 5 nitrogen and oxygen atoms in total. The van der Waals surface area contributed by atoms with E-state index in [0.717, 1.165) is 5.56 Å². The van der Waals surface area contributed by atoms with Crippen LogP contribution in [0.3, 0.4) is 0 Å². The molecule has 1 aliphatic heterocycles. The highest BCUT2D eigenvalue weighted by Crippen LogP contribution is 2.24. The number of hydrogen-bond acceptors (Lipinski definition) is 4. The number of pyridine rings is 1. The number of hydrogen-bond donors (Lipinski definition) is 1. The van der Waals surface area contributed by atoms with Crippen LogP contribution in [0.5, 0.6) is 5.75 Å². The fourth-order valence-corrected chi connectivity index (χ4v) is 3.09. The van der Waals surface area contributed by atoms with E-state index in [1.807, 2.05) is 19.1 Å². The molecular formula is C20H23FN2O3. The van der Waals surface area contributed by atoms with Crippen LogP contribution in [0.15, 0.2) is 42.6 Å². The highest BCUT2D eigenvalue weighted by molar-refractivity contribution is 5.78. The third-order valence-corrected chi connectivity index (χ3v) is 4.52. The number of halogens is 1. The number of carbonyl (C=O) groups excluding carboxylic acids is 1. The maximum Gasteiger partial charge on any atom is 0.228 e. The number of piperidine rings is 1. The Bertz CT molecular complexity index is 766. The van der Waals surface area contributed by atoms with Gasteiger partial charge in [-0.3, -0.25) is 9.78 Å². The molecule has 6 heteroatoms. The molecular weight excluding hydrogens is 335 g/mol. The lowest BCUT2D eigenvalue weighted by Gasteiger charge is -2.39.